The van der Waals surface area contributed by atoms with Gasteiger partial charge >= 0.3 is 0 Å². The van der Waals surface area contributed by atoms with E-state index >= 15 is 0 Å². The lowest BCUT2D eigenvalue weighted by Gasteiger charge is -2.33. The standard InChI is InChI=1S/C14H21N3O/c1-11-7-12(9-16-8-11)13(18)17-10-14(15)5-3-2-4-6-14/h7-9H,2-6,10,15H2,1H3,(H,17,18). The predicted molar refractivity (Wildman–Crippen MR) is 71.3 cm³/mol. The Morgan fingerprint density at radius 3 is 2.78 bits per heavy atom. The van der Waals surface area contributed by atoms with Crippen LogP contribution in [0.25, 0.3) is 0 Å². The van der Waals surface area contributed by atoms with Crippen LogP contribution in [0.3, 0.4) is 0 Å². The van der Waals surface area contributed by atoms with Crippen LogP contribution in [0, 0.1) is 6.92 Å². The van der Waals surface area contributed by atoms with Gasteiger partial charge in [-0.3, -0.25) is 9.78 Å². The van der Waals surface area contributed by atoms with E-state index in [2.05, 4.69) is 10.3 Å². The maximum atomic E-state index is 12.0. The fourth-order valence-corrected chi connectivity index (χ4v) is 2.47. The molecule has 0 spiro atoms. The molecule has 0 unspecified atom stereocenters. The Balaban J connectivity index is 1.92. The molecule has 1 saturated carbocycles. The highest BCUT2D eigenvalue weighted by Gasteiger charge is 2.27. The molecule has 2 rings (SSSR count). The van der Waals surface area contributed by atoms with Gasteiger partial charge in [0.25, 0.3) is 5.91 Å². The zero-order chi connectivity index (χ0) is 13.0. The average Bonchev–Trinajstić information content (AvgIpc) is 2.37. The van der Waals surface area contributed by atoms with Gasteiger partial charge in [-0.05, 0) is 31.4 Å². The van der Waals surface area contributed by atoms with Gasteiger partial charge in [0.2, 0.25) is 0 Å². The number of aryl methyl sites for hydroxylation is 1. The number of carbonyl (C=O) groups excluding carboxylic acids is 1. The highest BCUT2D eigenvalue weighted by Crippen LogP contribution is 2.25. The number of carbonyl (C=O) groups is 1. The Morgan fingerprint density at radius 1 is 1.39 bits per heavy atom. The molecule has 0 atom stereocenters. The van der Waals surface area contributed by atoms with Crippen LogP contribution >= 0.6 is 0 Å². The van der Waals surface area contributed by atoms with Crippen molar-refractivity contribution < 1.29 is 4.79 Å². The molecule has 98 valence electrons. The monoisotopic (exact) mass is 247 g/mol. The third kappa shape index (κ3) is 3.29. The minimum absolute atomic E-state index is 0.0819. The maximum absolute atomic E-state index is 12.0. The van der Waals surface area contributed by atoms with Crippen molar-refractivity contribution in [3.63, 3.8) is 0 Å². The van der Waals surface area contributed by atoms with Crippen LogP contribution in [-0.4, -0.2) is 23.0 Å². The van der Waals surface area contributed by atoms with Gasteiger partial charge in [-0.15, -0.1) is 0 Å². The molecule has 0 aromatic carbocycles. The van der Waals surface area contributed by atoms with Crippen LogP contribution in [0.15, 0.2) is 18.5 Å². The molecule has 1 heterocycles. The van der Waals surface area contributed by atoms with Crippen molar-refractivity contribution in [3.8, 4) is 0 Å². The summed E-state index contributed by atoms with van der Waals surface area (Å²) >= 11 is 0. The van der Waals surface area contributed by atoms with E-state index in [0.29, 0.717) is 12.1 Å². The van der Waals surface area contributed by atoms with Crippen LogP contribution in [-0.2, 0) is 0 Å². The third-order valence-electron chi connectivity index (χ3n) is 3.59. The van der Waals surface area contributed by atoms with Crippen molar-refractivity contribution in [1.29, 1.82) is 0 Å². The number of nitrogens with one attached hydrogen (secondary N) is 1. The second-order valence-electron chi connectivity index (χ2n) is 5.36. The topological polar surface area (TPSA) is 68.0 Å². The Labute approximate surface area is 108 Å². The molecule has 1 aliphatic rings. The van der Waals surface area contributed by atoms with E-state index in [1.54, 1.807) is 12.4 Å². The summed E-state index contributed by atoms with van der Waals surface area (Å²) in [5, 5.41) is 2.93. The van der Waals surface area contributed by atoms with Crippen LogP contribution < -0.4 is 11.1 Å². The largest absolute Gasteiger partial charge is 0.350 e. The molecule has 4 heteroatoms. The highest BCUT2D eigenvalue weighted by molar-refractivity contribution is 5.94. The molecule has 0 radical (unpaired) electrons. The predicted octanol–water partition coefficient (Wildman–Crippen LogP) is 1.78. The minimum atomic E-state index is -0.217. The van der Waals surface area contributed by atoms with Crippen molar-refractivity contribution in [1.82, 2.24) is 10.3 Å². The number of nitrogens with zero attached hydrogens (tertiary/aromatic N) is 1. The molecule has 4 nitrogen and oxygen atoms in total. The van der Waals surface area contributed by atoms with E-state index < -0.39 is 0 Å². The van der Waals surface area contributed by atoms with E-state index in [0.717, 1.165) is 18.4 Å². The second-order valence-corrected chi connectivity index (χ2v) is 5.36. The molecule has 1 aliphatic carbocycles. The van der Waals surface area contributed by atoms with Gasteiger partial charge in [0, 0.05) is 24.5 Å². The van der Waals surface area contributed by atoms with Gasteiger partial charge in [-0.1, -0.05) is 19.3 Å². The Morgan fingerprint density at radius 2 is 2.11 bits per heavy atom. The highest BCUT2D eigenvalue weighted by atomic mass is 16.1. The number of hydrogen-bond donors (Lipinski definition) is 2. The minimum Gasteiger partial charge on any atom is -0.350 e. The quantitative estimate of drug-likeness (QED) is 0.855. The van der Waals surface area contributed by atoms with Gasteiger partial charge in [-0.2, -0.15) is 0 Å². The molecule has 1 fully saturated rings. The molecule has 0 aliphatic heterocycles. The van der Waals surface area contributed by atoms with Crippen molar-refractivity contribution in [2.45, 2.75) is 44.6 Å². The summed E-state index contributed by atoms with van der Waals surface area (Å²) in [5.41, 5.74) is 7.66. The zero-order valence-electron chi connectivity index (χ0n) is 10.9. The van der Waals surface area contributed by atoms with E-state index in [4.69, 9.17) is 5.73 Å². The van der Waals surface area contributed by atoms with Gasteiger partial charge in [0.15, 0.2) is 0 Å². The van der Waals surface area contributed by atoms with E-state index in [9.17, 15) is 4.79 Å². The molecule has 0 saturated heterocycles. The molecular formula is C14H21N3O. The first-order valence-electron chi connectivity index (χ1n) is 6.58. The summed E-state index contributed by atoms with van der Waals surface area (Å²) in [7, 11) is 0. The van der Waals surface area contributed by atoms with Crippen molar-refractivity contribution >= 4 is 5.91 Å². The molecule has 3 N–H and O–H groups in total. The van der Waals surface area contributed by atoms with Gasteiger partial charge in [0.1, 0.15) is 0 Å². The van der Waals surface area contributed by atoms with E-state index in [1.807, 2.05) is 13.0 Å². The zero-order valence-corrected chi connectivity index (χ0v) is 10.9. The van der Waals surface area contributed by atoms with E-state index in [1.165, 1.54) is 19.3 Å². The number of amides is 1. The van der Waals surface area contributed by atoms with Gasteiger partial charge in [-0.25, -0.2) is 0 Å². The molecule has 1 aromatic rings. The number of aromatic nitrogens is 1. The Hall–Kier alpha value is -1.42. The fourth-order valence-electron chi connectivity index (χ4n) is 2.47. The molecular weight excluding hydrogens is 226 g/mol. The lowest BCUT2D eigenvalue weighted by Crippen LogP contribution is -2.51. The summed E-state index contributed by atoms with van der Waals surface area (Å²) in [6.45, 7) is 2.48. The van der Waals surface area contributed by atoms with Crippen molar-refractivity contribution in [2.75, 3.05) is 6.54 Å². The second kappa shape index (κ2) is 5.48. The Kier molecular flexibility index (Phi) is 3.97. The number of pyridine rings is 1. The number of nitrogens with two attached hydrogens (primary N) is 1. The van der Waals surface area contributed by atoms with Gasteiger partial charge in [0.05, 0.1) is 5.56 Å². The number of hydrogen-bond acceptors (Lipinski definition) is 3. The Bertz CT molecular complexity index is 425. The average molecular weight is 247 g/mol. The normalized spacial score (nSPS) is 18.3. The SMILES string of the molecule is Cc1cncc(C(=O)NCC2(N)CCCCC2)c1. The van der Waals surface area contributed by atoms with Crippen LogP contribution in [0.5, 0.6) is 0 Å². The van der Waals surface area contributed by atoms with Crippen LogP contribution in [0.2, 0.25) is 0 Å². The van der Waals surface area contributed by atoms with Gasteiger partial charge < -0.3 is 11.1 Å². The summed E-state index contributed by atoms with van der Waals surface area (Å²) in [5.74, 6) is -0.0819. The molecule has 0 bridgehead atoms. The molecule has 1 amide bonds. The van der Waals surface area contributed by atoms with Crippen LogP contribution in [0.1, 0.15) is 48.0 Å². The smallest absolute Gasteiger partial charge is 0.252 e. The summed E-state index contributed by atoms with van der Waals surface area (Å²) < 4.78 is 0. The summed E-state index contributed by atoms with van der Waals surface area (Å²) in [4.78, 5) is 16.0. The fraction of sp³-hybridized carbons (Fsp3) is 0.571. The maximum Gasteiger partial charge on any atom is 0.252 e. The third-order valence-corrected chi connectivity index (χ3v) is 3.59. The summed E-state index contributed by atoms with van der Waals surface area (Å²) in [6, 6.07) is 1.84. The first kappa shape index (κ1) is 13.0. The molecule has 18 heavy (non-hydrogen) atoms. The first-order valence-corrected chi connectivity index (χ1v) is 6.58. The van der Waals surface area contributed by atoms with E-state index in [-0.39, 0.29) is 11.4 Å². The van der Waals surface area contributed by atoms with Crippen molar-refractivity contribution in [2.24, 2.45) is 5.73 Å². The van der Waals surface area contributed by atoms with Crippen molar-refractivity contribution in [3.05, 3.63) is 29.6 Å². The number of rotatable bonds is 3. The van der Waals surface area contributed by atoms with Crippen LogP contribution in [0.4, 0.5) is 0 Å². The lowest BCUT2D eigenvalue weighted by atomic mass is 9.82. The molecule has 1 aromatic heterocycles. The first-order chi connectivity index (χ1) is 8.59. The summed E-state index contributed by atoms with van der Waals surface area (Å²) in [6.07, 6.45) is 8.92. The lowest BCUT2D eigenvalue weighted by molar-refractivity contribution is 0.0937.